The average molecular weight is 355 g/mol. The number of hydrogen-bond donors (Lipinski definition) is 2. The summed E-state index contributed by atoms with van der Waals surface area (Å²) in [6.07, 6.45) is 0. The monoisotopic (exact) mass is 355 g/mol. The average Bonchev–Trinajstić information content (AvgIpc) is 2.49. The number of aryl methyl sites for hydroxylation is 1. The number of phenols is 1. The Hall–Kier alpha value is -2.06. The van der Waals surface area contributed by atoms with Crippen LogP contribution in [0.15, 0.2) is 52.3 Å². The molecule has 6 nitrogen and oxygen atoms in total. The summed E-state index contributed by atoms with van der Waals surface area (Å²) in [7, 11) is -7.44. The lowest BCUT2D eigenvalue weighted by Crippen LogP contribution is -2.14. The van der Waals surface area contributed by atoms with Crippen LogP contribution in [-0.4, -0.2) is 27.7 Å². The third-order valence-electron chi connectivity index (χ3n) is 3.28. The summed E-state index contributed by atoms with van der Waals surface area (Å²) in [5.41, 5.74) is 0.725. The molecule has 0 saturated heterocycles. The van der Waals surface area contributed by atoms with E-state index < -0.39 is 19.9 Å². The van der Waals surface area contributed by atoms with Gasteiger partial charge >= 0.3 is 0 Å². The zero-order valence-electron chi connectivity index (χ0n) is 12.6. The van der Waals surface area contributed by atoms with Gasteiger partial charge in [-0.05, 0) is 37.3 Å². The van der Waals surface area contributed by atoms with Crippen molar-refractivity contribution in [1.82, 2.24) is 0 Å². The third kappa shape index (κ3) is 3.83. The normalized spacial score (nSPS) is 12.1. The molecule has 0 fully saturated rings. The van der Waals surface area contributed by atoms with E-state index in [1.807, 2.05) is 6.92 Å². The van der Waals surface area contributed by atoms with Crippen LogP contribution in [0.2, 0.25) is 0 Å². The first-order chi connectivity index (χ1) is 10.7. The summed E-state index contributed by atoms with van der Waals surface area (Å²) in [4.78, 5) is -0.0364. The van der Waals surface area contributed by atoms with Gasteiger partial charge in [-0.1, -0.05) is 24.6 Å². The van der Waals surface area contributed by atoms with E-state index in [2.05, 4.69) is 4.72 Å². The molecular formula is C15H17NO5S2. The number of benzene rings is 2. The number of nitrogens with one attached hydrogen (secondary N) is 1. The van der Waals surface area contributed by atoms with Crippen molar-refractivity contribution >= 4 is 25.5 Å². The van der Waals surface area contributed by atoms with Crippen molar-refractivity contribution in [3.8, 4) is 5.75 Å². The van der Waals surface area contributed by atoms with Crippen LogP contribution in [-0.2, 0) is 19.9 Å². The van der Waals surface area contributed by atoms with E-state index >= 15 is 0 Å². The molecule has 2 aromatic rings. The van der Waals surface area contributed by atoms with E-state index in [-0.39, 0.29) is 27.0 Å². The van der Waals surface area contributed by atoms with Crippen LogP contribution in [0.4, 0.5) is 5.69 Å². The predicted octanol–water partition coefficient (Wildman–Crippen LogP) is 2.30. The zero-order chi connectivity index (χ0) is 17.3. The second kappa shape index (κ2) is 6.21. The molecule has 0 aliphatic rings. The van der Waals surface area contributed by atoms with Gasteiger partial charge in [0.05, 0.1) is 21.2 Å². The Morgan fingerprint density at radius 1 is 0.957 bits per heavy atom. The minimum absolute atomic E-state index is 0.0197. The van der Waals surface area contributed by atoms with Crippen LogP contribution >= 0.6 is 0 Å². The quantitative estimate of drug-likeness (QED) is 0.802. The lowest BCUT2D eigenvalue weighted by Gasteiger charge is -2.11. The summed E-state index contributed by atoms with van der Waals surface area (Å²) in [5, 5.41) is 9.81. The van der Waals surface area contributed by atoms with Gasteiger partial charge in [-0.15, -0.1) is 0 Å². The first-order valence-electron chi connectivity index (χ1n) is 6.81. The van der Waals surface area contributed by atoms with E-state index in [9.17, 15) is 21.9 Å². The van der Waals surface area contributed by atoms with Gasteiger partial charge in [0, 0.05) is 0 Å². The van der Waals surface area contributed by atoms with Crippen molar-refractivity contribution in [2.75, 3.05) is 10.5 Å². The first kappa shape index (κ1) is 17.3. The fraction of sp³-hybridized carbons (Fsp3) is 0.200. The smallest absolute Gasteiger partial charge is 0.262 e. The summed E-state index contributed by atoms with van der Waals surface area (Å²) < 4.78 is 50.6. The molecular weight excluding hydrogens is 338 g/mol. The highest BCUT2D eigenvalue weighted by molar-refractivity contribution is 7.92. The van der Waals surface area contributed by atoms with Crippen LogP contribution in [0.3, 0.4) is 0 Å². The van der Waals surface area contributed by atoms with Gasteiger partial charge in [-0.2, -0.15) is 0 Å². The summed E-state index contributed by atoms with van der Waals surface area (Å²) >= 11 is 0. The maximum Gasteiger partial charge on any atom is 0.262 e. The molecule has 0 aromatic heterocycles. The minimum Gasteiger partial charge on any atom is -0.506 e. The molecule has 0 bridgehead atoms. The van der Waals surface area contributed by atoms with Crippen LogP contribution in [0.25, 0.3) is 0 Å². The van der Waals surface area contributed by atoms with Gasteiger partial charge in [0.25, 0.3) is 10.0 Å². The van der Waals surface area contributed by atoms with Crippen LogP contribution < -0.4 is 4.72 Å². The molecule has 2 N–H and O–H groups in total. The lowest BCUT2D eigenvalue weighted by atomic mass is 10.2. The summed E-state index contributed by atoms with van der Waals surface area (Å²) in [5.74, 6) is -0.474. The molecule has 2 aromatic carbocycles. The van der Waals surface area contributed by atoms with Crippen LogP contribution in [0.1, 0.15) is 12.5 Å². The highest BCUT2D eigenvalue weighted by Crippen LogP contribution is 2.29. The van der Waals surface area contributed by atoms with Crippen molar-refractivity contribution in [3.05, 3.63) is 48.0 Å². The molecule has 124 valence electrons. The molecule has 0 radical (unpaired) electrons. The van der Waals surface area contributed by atoms with E-state index in [0.29, 0.717) is 0 Å². The Kier molecular flexibility index (Phi) is 4.67. The van der Waals surface area contributed by atoms with Crippen molar-refractivity contribution in [2.45, 2.75) is 23.6 Å². The molecule has 8 heteroatoms. The Morgan fingerprint density at radius 3 is 2.09 bits per heavy atom. The molecule has 2 rings (SSSR count). The van der Waals surface area contributed by atoms with E-state index in [1.54, 1.807) is 12.1 Å². The predicted molar refractivity (Wildman–Crippen MR) is 87.8 cm³/mol. The molecule has 0 spiro atoms. The van der Waals surface area contributed by atoms with Gasteiger partial charge in [0.2, 0.25) is 0 Å². The molecule has 0 heterocycles. The Bertz CT molecular complexity index is 917. The molecule has 23 heavy (non-hydrogen) atoms. The van der Waals surface area contributed by atoms with Crippen molar-refractivity contribution in [3.63, 3.8) is 0 Å². The second-order valence-corrected chi connectivity index (χ2v) is 8.96. The molecule has 0 aliphatic carbocycles. The lowest BCUT2D eigenvalue weighted by molar-refractivity contribution is 0.477. The Labute approximate surface area is 135 Å². The number of aromatic hydroxyl groups is 1. The standard InChI is InChI=1S/C15H17NO5S2/c1-3-22(18,19)13-8-9-15(17)14(10-13)16-23(20,21)12-6-4-11(2)5-7-12/h4-10,16-17H,3H2,1-2H3. The highest BCUT2D eigenvalue weighted by atomic mass is 32.2. The molecule has 0 aliphatic heterocycles. The number of sulfone groups is 1. The zero-order valence-corrected chi connectivity index (χ0v) is 14.3. The van der Waals surface area contributed by atoms with Gasteiger partial charge in [-0.25, -0.2) is 16.8 Å². The first-order valence-corrected chi connectivity index (χ1v) is 9.94. The number of anilines is 1. The number of sulfonamides is 1. The van der Waals surface area contributed by atoms with Gasteiger partial charge in [-0.3, -0.25) is 4.72 Å². The maximum atomic E-state index is 12.3. The van der Waals surface area contributed by atoms with Gasteiger partial charge in [0.1, 0.15) is 5.75 Å². The fourth-order valence-electron chi connectivity index (χ4n) is 1.88. The second-order valence-electron chi connectivity index (χ2n) is 5.00. The Morgan fingerprint density at radius 2 is 1.52 bits per heavy atom. The largest absolute Gasteiger partial charge is 0.506 e. The fourth-order valence-corrected chi connectivity index (χ4v) is 3.85. The van der Waals surface area contributed by atoms with Crippen LogP contribution in [0.5, 0.6) is 5.75 Å². The number of rotatable bonds is 5. The van der Waals surface area contributed by atoms with Crippen molar-refractivity contribution in [1.29, 1.82) is 0 Å². The van der Waals surface area contributed by atoms with Gasteiger partial charge < -0.3 is 5.11 Å². The van der Waals surface area contributed by atoms with Crippen molar-refractivity contribution in [2.24, 2.45) is 0 Å². The number of phenolic OH excluding ortho intramolecular Hbond substituents is 1. The third-order valence-corrected chi connectivity index (χ3v) is 6.40. The molecule has 0 saturated carbocycles. The summed E-state index contributed by atoms with van der Waals surface area (Å²) in [6.45, 7) is 3.31. The highest BCUT2D eigenvalue weighted by Gasteiger charge is 2.19. The number of hydrogen-bond acceptors (Lipinski definition) is 5. The molecule has 0 unspecified atom stereocenters. The topological polar surface area (TPSA) is 101 Å². The maximum absolute atomic E-state index is 12.3. The minimum atomic E-state index is -3.93. The van der Waals surface area contributed by atoms with E-state index in [1.165, 1.54) is 25.1 Å². The van der Waals surface area contributed by atoms with Crippen molar-refractivity contribution < 1.29 is 21.9 Å². The Balaban J connectivity index is 2.43. The van der Waals surface area contributed by atoms with E-state index in [0.717, 1.165) is 17.7 Å². The van der Waals surface area contributed by atoms with E-state index in [4.69, 9.17) is 0 Å². The molecule has 0 atom stereocenters. The van der Waals surface area contributed by atoms with Gasteiger partial charge in [0.15, 0.2) is 9.84 Å². The van der Waals surface area contributed by atoms with Crippen LogP contribution in [0, 0.1) is 6.92 Å². The SMILES string of the molecule is CCS(=O)(=O)c1ccc(O)c(NS(=O)(=O)c2ccc(C)cc2)c1. The summed E-state index contributed by atoms with van der Waals surface area (Å²) in [6, 6.07) is 9.65. The molecule has 0 amide bonds.